The second-order valence-corrected chi connectivity index (χ2v) is 13.4. The van der Waals surface area contributed by atoms with Crippen LogP contribution in [0.3, 0.4) is 0 Å². The molecule has 1 atom stereocenters. The Morgan fingerprint density at radius 1 is 1.07 bits per heavy atom. The van der Waals surface area contributed by atoms with E-state index in [1.165, 1.54) is 34.9 Å². The lowest BCUT2D eigenvalue weighted by molar-refractivity contribution is 0.0691. The number of carboxylic acid groups (broad SMARTS) is 1. The van der Waals surface area contributed by atoms with Crippen LogP contribution >= 0.6 is 11.3 Å². The van der Waals surface area contributed by atoms with Crippen LogP contribution in [0.15, 0.2) is 70.9 Å². The molecule has 3 aromatic carbocycles. The monoisotopic (exact) mass is 633 g/mol. The SMILES string of the molecule is CC(C)c1ccc(-c2cc(-c3nn(-c4nc(C(=O)O)cs4)c(CC4CC4)c3Cc3ccc([SH+](N)=O)c(F)c3)ccc2F)cc1. The fourth-order valence-electron chi connectivity index (χ4n) is 5.31. The van der Waals surface area contributed by atoms with Crippen molar-refractivity contribution in [3.63, 3.8) is 0 Å². The minimum absolute atomic E-state index is 0.0477. The molecule has 0 amide bonds. The van der Waals surface area contributed by atoms with E-state index in [0.29, 0.717) is 45.8 Å². The van der Waals surface area contributed by atoms with Gasteiger partial charge in [0.1, 0.15) is 5.82 Å². The predicted octanol–water partition coefficient (Wildman–Crippen LogP) is 7.23. The minimum atomic E-state index is -2.34. The molecule has 1 aliphatic carbocycles. The first kappa shape index (κ1) is 30.0. The molecule has 1 aliphatic rings. The van der Waals surface area contributed by atoms with Gasteiger partial charge in [-0.3, -0.25) is 0 Å². The van der Waals surface area contributed by atoms with Gasteiger partial charge in [0.25, 0.3) is 0 Å². The van der Waals surface area contributed by atoms with E-state index in [9.17, 15) is 18.5 Å². The van der Waals surface area contributed by atoms with E-state index in [-0.39, 0.29) is 22.8 Å². The Morgan fingerprint density at radius 2 is 1.80 bits per heavy atom. The summed E-state index contributed by atoms with van der Waals surface area (Å²) in [6.07, 6.45) is 3.06. The van der Waals surface area contributed by atoms with E-state index in [0.717, 1.165) is 35.2 Å². The maximum atomic E-state index is 15.3. The highest BCUT2D eigenvalue weighted by molar-refractivity contribution is 7.82. The number of carboxylic acids is 1. The average molecular weight is 634 g/mol. The van der Waals surface area contributed by atoms with Crippen molar-refractivity contribution in [2.75, 3.05) is 0 Å². The molecular formula is C33H31F2N4O3S2+. The molecule has 44 heavy (non-hydrogen) atoms. The lowest BCUT2D eigenvalue weighted by atomic mass is 9.94. The van der Waals surface area contributed by atoms with Crippen molar-refractivity contribution < 1.29 is 22.9 Å². The third-order valence-corrected chi connectivity index (χ3v) is 9.57. The van der Waals surface area contributed by atoms with Crippen molar-refractivity contribution in [1.29, 1.82) is 0 Å². The largest absolute Gasteiger partial charge is 0.476 e. The molecule has 0 saturated heterocycles. The quantitative estimate of drug-likeness (QED) is 0.125. The van der Waals surface area contributed by atoms with Gasteiger partial charge < -0.3 is 5.11 Å². The highest BCUT2D eigenvalue weighted by atomic mass is 32.2. The summed E-state index contributed by atoms with van der Waals surface area (Å²) in [5.74, 6) is -1.38. The molecule has 11 heteroatoms. The number of thiazole rings is 1. The molecule has 6 rings (SSSR count). The van der Waals surface area contributed by atoms with Crippen LogP contribution in [0.25, 0.3) is 27.5 Å². The first-order valence-corrected chi connectivity index (χ1v) is 16.5. The van der Waals surface area contributed by atoms with Crippen molar-refractivity contribution in [3.8, 4) is 27.5 Å². The Balaban J connectivity index is 1.52. The Kier molecular flexibility index (Phi) is 8.28. The second kappa shape index (κ2) is 12.1. The third-order valence-electron chi connectivity index (χ3n) is 7.92. The molecule has 0 bridgehead atoms. The molecule has 3 N–H and O–H groups in total. The molecule has 1 fully saturated rings. The van der Waals surface area contributed by atoms with E-state index < -0.39 is 22.8 Å². The smallest absolute Gasteiger partial charge is 0.355 e. The van der Waals surface area contributed by atoms with Crippen molar-refractivity contribution in [2.45, 2.75) is 50.3 Å². The first-order valence-electron chi connectivity index (χ1n) is 14.3. The molecule has 5 aromatic rings. The number of rotatable bonds is 10. The van der Waals surface area contributed by atoms with E-state index in [1.54, 1.807) is 22.9 Å². The summed E-state index contributed by atoms with van der Waals surface area (Å²) >= 11 is 1.17. The normalized spacial score (nSPS) is 13.9. The number of hydrogen-bond donors (Lipinski definition) is 2. The summed E-state index contributed by atoms with van der Waals surface area (Å²) in [6, 6.07) is 17.1. The number of halogens is 2. The predicted molar refractivity (Wildman–Crippen MR) is 169 cm³/mol. The topological polar surface area (TPSA) is 111 Å². The van der Waals surface area contributed by atoms with Gasteiger partial charge in [0.15, 0.2) is 22.5 Å². The third kappa shape index (κ3) is 6.12. The van der Waals surface area contributed by atoms with Crippen LogP contribution in [-0.2, 0) is 28.0 Å². The van der Waals surface area contributed by atoms with Crippen LogP contribution in [0, 0.1) is 17.6 Å². The number of nitrogens with zero attached hydrogens (tertiary/aromatic N) is 3. The van der Waals surface area contributed by atoms with Gasteiger partial charge in [0, 0.05) is 28.5 Å². The Bertz CT molecular complexity index is 1900. The van der Waals surface area contributed by atoms with Crippen LogP contribution in [0.5, 0.6) is 0 Å². The first-order chi connectivity index (χ1) is 21.1. The van der Waals surface area contributed by atoms with E-state index in [2.05, 4.69) is 18.8 Å². The van der Waals surface area contributed by atoms with Gasteiger partial charge in [-0.05, 0) is 78.1 Å². The molecule has 2 heterocycles. The number of aromatic nitrogens is 3. The molecule has 0 aliphatic heterocycles. The Morgan fingerprint density at radius 3 is 2.41 bits per heavy atom. The van der Waals surface area contributed by atoms with Crippen LogP contribution in [0.4, 0.5) is 8.78 Å². The summed E-state index contributed by atoms with van der Waals surface area (Å²) in [4.78, 5) is 15.9. The van der Waals surface area contributed by atoms with Crippen molar-refractivity contribution >= 4 is 28.3 Å². The average Bonchev–Trinajstić information content (AvgIpc) is 3.55. The highest BCUT2D eigenvalue weighted by Crippen LogP contribution is 2.39. The standard InChI is InChI=1S/C33H30F2N4O3S2/c1-18(2)21-6-8-22(9-7-21)24-16-23(10-11-26(24)34)31-25(13-20-5-12-30(44(36)42)27(35)14-20)29(15-19-3-4-19)39(38-31)33-37-28(17-43-33)32(40)41/h5-12,14,16-19H,3-4,13,15H2,1-2H3,(H2,36,42)(H,40,41)/p+1. The van der Waals surface area contributed by atoms with Crippen molar-refractivity contribution in [2.24, 2.45) is 11.1 Å². The summed E-state index contributed by atoms with van der Waals surface area (Å²) in [7, 11) is -2.34. The summed E-state index contributed by atoms with van der Waals surface area (Å²) < 4.78 is 43.6. The summed E-state index contributed by atoms with van der Waals surface area (Å²) in [6.45, 7) is 4.20. The minimum Gasteiger partial charge on any atom is -0.476 e. The molecule has 1 saturated carbocycles. The molecule has 0 spiro atoms. The van der Waals surface area contributed by atoms with Gasteiger partial charge >= 0.3 is 5.97 Å². The van der Waals surface area contributed by atoms with Crippen LogP contribution in [0.1, 0.15) is 65.5 Å². The molecule has 7 nitrogen and oxygen atoms in total. The zero-order valence-electron chi connectivity index (χ0n) is 24.1. The van der Waals surface area contributed by atoms with Gasteiger partial charge in [0.2, 0.25) is 10.0 Å². The zero-order chi connectivity index (χ0) is 31.1. The van der Waals surface area contributed by atoms with Gasteiger partial charge in [-0.15, -0.1) is 16.5 Å². The number of hydrogen-bond acceptors (Lipinski definition) is 5. The molecule has 226 valence electrons. The van der Waals surface area contributed by atoms with Crippen LogP contribution < -0.4 is 5.14 Å². The van der Waals surface area contributed by atoms with Gasteiger partial charge in [-0.2, -0.15) is 5.10 Å². The van der Waals surface area contributed by atoms with E-state index >= 15 is 4.39 Å². The summed E-state index contributed by atoms with van der Waals surface area (Å²) in [5.41, 5.74) is 5.73. The summed E-state index contributed by atoms with van der Waals surface area (Å²) in [5, 5.41) is 21.8. The lowest BCUT2D eigenvalue weighted by Crippen LogP contribution is -2.07. The zero-order valence-corrected chi connectivity index (χ0v) is 25.8. The second-order valence-electron chi connectivity index (χ2n) is 11.4. The number of aromatic carboxylic acids is 1. The van der Waals surface area contributed by atoms with Crippen LogP contribution in [0.2, 0.25) is 0 Å². The van der Waals surface area contributed by atoms with Crippen molar-refractivity contribution in [1.82, 2.24) is 14.8 Å². The number of thiol groups is 1. The number of benzene rings is 3. The van der Waals surface area contributed by atoms with E-state index in [4.69, 9.17) is 10.2 Å². The molecule has 0 radical (unpaired) electrons. The van der Waals surface area contributed by atoms with E-state index in [1.807, 2.05) is 24.3 Å². The fraction of sp³-hybridized carbons (Fsp3) is 0.242. The maximum absolute atomic E-state index is 15.3. The van der Waals surface area contributed by atoms with Crippen LogP contribution in [-0.4, -0.2) is 25.8 Å². The lowest BCUT2D eigenvalue weighted by Gasteiger charge is -2.11. The number of carbonyl (C=O) groups is 1. The van der Waals surface area contributed by atoms with Gasteiger partial charge in [-0.1, -0.05) is 48.4 Å². The number of nitrogens with two attached hydrogens (primary N) is 1. The molecule has 1 unspecified atom stereocenters. The van der Waals surface area contributed by atoms with Crippen molar-refractivity contribution in [3.05, 3.63) is 106 Å². The van der Waals surface area contributed by atoms with Gasteiger partial charge in [0.05, 0.1) is 11.4 Å². The Labute approximate surface area is 260 Å². The Hall–Kier alpha value is -4.06. The van der Waals surface area contributed by atoms with Gasteiger partial charge in [-0.25, -0.2) is 23.2 Å². The molecule has 2 aromatic heterocycles. The highest BCUT2D eigenvalue weighted by Gasteiger charge is 2.30. The fourth-order valence-corrected chi connectivity index (χ4v) is 6.58. The molecular weight excluding hydrogens is 603 g/mol. The maximum Gasteiger partial charge on any atom is 0.355 e.